The first-order valence-electron chi connectivity index (χ1n) is 6.78. The van der Waals surface area contributed by atoms with Crippen LogP contribution in [0.1, 0.15) is 5.82 Å². The van der Waals surface area contributed by atoms with E-state index in [1.807, 2.05) is 41.6 Å². The van der Waals surface area contributed by atoms with Gasteiger partial charge >= 0.3 is 0 Å². The van der Waals surface area contributed by atoms with E-state index in [2.05, 4.69) is 24.9 Å². The summed E-state index contributed by atoms with van der Waals surface area (Å²) in [6.45, 7) is 0. The Kier molecular flexibility index (Phi) is 2.59. The highest BCUT2D eigenvalue weighted by atomic mass is 15.4. The molecule has 0 atom stereocenters. The molecule has 0 unspecified atom stereocenters. The van der Waals surface area contributed by atoms with Gasteiger partial charge in [-0.15, -0.1) is 0 Å². The number of fused-ring (bicyclic) bond motifs is 2. The van der Waals surface area contributed by atoms with Crippen molar-refractivity contribution in [3.05, 3.63) is 36.7 Å². The summed E-state index contributed by atoms with van der Waals surface area (Å²) in [6, 6.07) is 0. The second kappa shape index (κ2) is 4.48. The minimum absolute atomic E-state index is 0.685. The Morgan fingerprint density at radius 2 is 1.73 bits per heavy atom. The Morgan fingerprint density at radius 3 is 2.50 bits per heavy atom. The molecule has 4 rings (SSSR count). The van der Waals surface area contributed by atoms with E-state index in [4.69, 9.17) is 0 Å². The molecule has 8 heteroatoms. The second-order valence-electron chi connectivity index (χ2n) is 5.11. The van der Waals surface area contributed by atoms with Gasteiger partial charge < -0.3 is 14.4 Å². The van der Waals surface area contributed by atoms with Crippen LogP contribution >= 0.6 is 0 Å². The molecule has 0 spiro atoms. The third kappa shape index (κ3) is 1.67. The van der Waals surface area contributed by atoms with E-state index in [0.717, 1.165) is 28.7 Å². The molecule has 3 aromatic rings. The van der Waals surface area contributed by atoms with Gasteiger partial charge in [-0.25, -0.2) is 24.9 Å². The number of aromatic nitrogens is 6. The van der Waals surface area contributed by atoms with Crippen LogP contribution < -0.4 is 9.80 Å². The largest absolute Gasteiger partial charge is 0.326 e. The van der Waals surface area contributed by atoms with E-state index < -0.39 is 0 Å². The van der Waals surface area contributed by atoms with Crippen LogP contribution in [0.15, 0.2) is 30.9 Å². The third-order valence-electron chi connectivity index (χ3n) is 3.90. The summed E-state index contributed by atoms with van der Waals surface area (Å²) in [5.74, 6) is 2.66. The lowest BCUT2D eigenvalue weighted by Crippen LogP contribution is -2.22. The summed E-state index contributed by atoms with van der Waals surface area (Å²) in [5.41, 5.74) is 2.55. The molecule has 22 heavy (non-hydrogen) atoms. The summed E-state index contributed by atoms with van der Waals surface area (Å²) >= 11 is 0. The predicted molar refractivity (Wildman–Crippen MR) is 83.1 cm³/mol. The molecular formula is C14H14N8. The summed E-state index contributed by atoms with van der Waals surface area (Å²) in [5, 5.41) is 0. The Bertz CT molecular complexity index is 866. The summed E-state index contributed by atoms with van der Waals surface area (Å²) < 4.78 is 1.97. The monoisotopic (exact) mass is 294 g/mol. The molecule has 1 aliphatic rings. The fourth-order valence-corrected chi connectivity index (χ4v) is 2.65. The van der Waals surface area contributed by atoms with E-state index in [1.54, 1.807) is 18.7 Å². The maximum atomic E-state index is 4.55. The maximum Gasteiger partial charge on any atom is 0.181 e. The molecule has 0 radical (unpaired) electrons. The lowest BCUT2D eigenvalue weighted by atomic mass is 10.4. The molecule has 0 saturated carbocycles. The van der Waals surface area contributed by atoms with Crippen molar-refractivity contribution < 1.29 is 0 Å². The van der Waals surface area contributed by atoms with Crippen molar-refractivity contribution in [1.29, 1.82) is 0 Å². The number of hydrogen-bond donors (Lipinski definition) is 0. The lowest BCUT2D eigenvalue weighted by Gasteiger charge is -2.17. The fourth-order valence-electron chi connectivity index (χ4n) is 2.65. The molecule has 0 amide bonds. The van der Waals surface area contributed by atoms with E-state index in [9.17, 15) is 0 Å². The van der Waals surface area contributed by atoms with E-state index in [1.165, 1.54) is 6.33 Å². The molecule has 0 bridgehead atoms. The Hall–Kier alpha value is -3.03. The first kappa shape index (κ1) is 12.7. The van der Waals surface area contributed by atoms with Crippen LogP contribution in [0.3, 0.4) is 0 Å². The zero-order valence-electron chi connectivity index (χ0n) is 12.5. The van der Waals surface area contributed by atoms with Gasteiger partial charge in [0.05, 0.1) is 12.4 Å². The molecule has 0 saturated heterocycles. The molecule has 1 aliphatic heterocycles. The zero-order chi connectivity index (χ0) is 15.3. The van der Waals surface area contributed by atoms with Gasteiger partial charge in [0, 0.05) is 27.2 Å². The van der Waals surface area contributed by atoms with Crippen LogP contribution in [0.25, 0.3) is 17.2 Å². The number of nitrogens with zero attached hydrogens (tertiary/aromatic N) is 8. The SMILES string of the molecule is CN1/C(=C/c2nc3ncncc3n2C)N(C)c2ncncc21. The van der Waals surface area contributed by atoms with Crippen molar-refractivity contribution in [2.24, 2.45) is 7.05 Å². The molecule has 0 fully saturated rings. The van der Waals surface area contributed by atoms with Crippen molar-refractivity contribution in [2.75, 3.05) is 23.9 Å². The average molecular weight is 294 g/mol. The molecule has 110 valence electrons. The van der Waals surface area contributed by atoms with Crippen LogP contribution in [-0.2, 0) is 7.05 Å². The van der Waals surface area contributed by atoms with Gasteiger partial charge in [-0.05, 0) is 0 Å². The van der Waals surface area contributed by atoms with Crippen molar-refractivity contribution in [2.45, 2.75) is 0 Å². The quantitative estimate of drug-likeness (QED) is 0.663. The van der Waals surface area contributed by atoms with Crippen molar-refractivity contribution in [3.8, 4) is 0 Å². The number of hydrogen-bond acceptors (Lipinski definition) is 7. The molecule has 0 aromatic carbocycles. The summed E-state index contributed by atoms with van der Waals surface area (Å²) in [6.07, 6.45) is 8.63. The minimum Gasteiger partial charge on any atom is -0.326 e. The molecule has 0 N–H and O–H groups in total. The van der Waals surface area contributed by atoms with Gasteiger partial charge in [0.2, 0.25) is 0 Å². The normalized spacial score (nSPS) is 15.9. The van der Waals surface area contributed by atoms with Gasteiger partial charge in [-0.3, -0.25) is 0 Å². The van der Waals surface area contributed by atoms with Gasteiger partial charge in [0.15, 0.2) is 11.5 Å². The Balaban J connectivity index is 1.84. The summed E-state index contributed by atoms with van der Waals surface area (Å²) in [7, 11) is 5.91. The first-order valence-corrected chi connectivity index (χ1v) is 6.78. The number of imidazole rings is 1. The highest BCUT2D eigenvalue weighted by Crippen LogP contribution is 2.37. The highest BCUT2D eigenvalue weighted by molar-refractivity contribution is 5.82. The molecule has 8 nitrogen and oxygen atoms in total. The molecule has 4 heterocycles. The van der Waals surface area contributed by atoms with Crippen LogP contribution in [0.2, 0.25) is 0 Å². The second-order valence-corrected chi connectivity index (χ2v) is 5.11. The van der Waals surface area contributed by atoms with Crippen molar-refractivity contribution in [3.63, 3.8) is 0 Å². The molecule has 0 aliphatic carbocycles. The Labute approximate surface area is 126 Å². The standard InChI is InChI=1S/C14H14N8/c1-20-9-5-15-7-17-13(9)19-11(20)4-12-21(2)10-6-16-8-18-14(10)22(12)3/h4-8H,1-3H3/b12-4-. The lowest BCUT2D eigenvalue weighted by molar-refractivity contribution is 0.920. The van der Waals surface area contributed by atoms with E-state index in [0.29, 0.717) is 5.65 Å². The predicted octanol–water partition coefficient (Wildman–Crippen LogP) is 1.04. The Morgan fingerprint density at radius 1 is 0.955 bits per heavy atom. The van der Waals surface area contributed by atoms with Crippen molar-refractivity contribution >= 4 is 28.7 Å². The molecule has 3 aromatic heterocycles. The number of aryl methyl sites for hydroxylation is 1. The zero-order valence-corrected chi connectivity index (χ0v) is 12.5. The highest BCUT2D eigenvalue weighted by Gasteiger charge is 2.28. The third-order valence-corrected chi connectivity index (χ3v) is 3.90. The van der Waals surface area contributed by atoms with Crippen LogP contribution in [0.5, 0.6) is 0 Å². The van der Waals surface area contributed by atoms with E-state index >= 15 is 0 Å². The molecular weight excluding hydrogens is 280 g/mol. The van der Waals surface area contributed by atoms with Crippen LogP contribution in [-0.4, -0.2) is 43.6 Å². The van der Waals surface area contributed by atoms with Crippen molar-refractivity contribution in [1.82, 2.24) is 29.5 Å². The maximum absolute atomic E-state index is 4.55. The van der Waals surface area contributed by atoms with Crippen LogP contribution in [0.4, 0.5) is 11.5 Å². The van der Waals surface area contributed by atoms with Crippen LogP contribution in [0, 0.1) is 0 Å². The topological polar surface area (TPSA) is 75.9 Å². The van der Waals surface area contributed by atoms with Gasteiger partial charge in [-0.2, -0.15) is 0 Å². The van der Waals surface area contributed by atoms with E-state index in [-0.39, 0.29) is 0 Å². The first-order chi connectivity index (χ1) is 10.7. The fraction of sp³-hybridized carbons (Fsp3) is 0.214. The van der Waals surface area contributed by atoms with Gasteiger partial charge in [-0.1, -0.05) is 0 Å². The number of anilines is 2. The minimum atomic E-state index is 0.685. The number of rotatable bonds is 1. The van der Waals surface area contributed by atoms with Gasteiger partial charge in [0.1, 0.15) is 35.5 Å². The average Bonchev–Trinajstić information content (AvgIpc) is 2.99. The summed E-state index contributed by atoms with van der Waals surface area (Å²) in [4.78, 5) is 25.3. The smallest absolute Gasteiger partial charge is 0.181 e. The van der Waals surface area contributed by atoms with Gasteiger partial charge in [0.25, 0.3) is 0 Å².